The molecule has 0 saturated carbocycles. The molecular formula is C16H24N2O. The second-order valence-corrected chi connectivity index (χ2v) is 5.50. The summed E-state index contributed by atoms with van der Waals surface area (Å²) in [5.41, 5.74) is 2.40. The summed E-state index contributed by atoms with van der Waals surface area (Å²) >= 11 is 0. The number of amides is 1. The van der Waals surface area contributed by atoms with Gasteiger partial charge in [-0.2, -0.15) is 0 Å². The van der Waals surface area contributed by atoms with Crippen LogP contribution in [0.1, 0.15) is 49.8 Å². The third kappa shape index (κ3) is 4.06. The monoisotopic (exact) mass is 260 g/mol. The largest absolute Gasteiger partial charge is 0.348 e. The van der Waals surface area contributed by atoms with Gasteiger partial charge in [-0.05, 0) is 38.8 Å². The number of aryl methyl sites for hydroxylation is 1. The van der Waals surface area contributed by atoms with Crippen molar-refractivity contribution in [1.29, 1.82) is 0 Å². The third-order valence-corrected chi connectivity index (χ3v) is 3.81. The molecule has 1 aromatic carbocycles. The predicted molar refractivity (Wildman–Crippen MR) is 78.0 cm³/mol. The van der Waals surface area contributed by atoms with E-state index in [2.05, 4.69) is 41.8 Å². The number of rotatable bonds is 3. The fourth-order valence-electron chi connectivity index (χ4n) is 2.50. The molecule has 2 atom stereocenters. The van der Waals surface area contributed by atoms with Crippen molar-refractivity contribution in [1.82, 2.24) is 10.6 Å². The zero-order valence-electron chi connectivity index (χ0n) is 11.9. The molecule has 104 valence electrons. The first-order valence-electron chi connectivity index (χ1n) is 7.27. The van der Waals surface area contributed by atoms with Crippen LogP contribution in [-0.2, 0) is 4.79 Å². The first-order valence-corrected chi connectivity index (χ1v) is 7.27. The molecule has 3 heteroatoms. The Morgan fingerprint density at radius 3 is 2.74 bits per heavy atom. The molecule has 1 aliphatic rings. The molecule has 19 heavy (non-hydrogen) atoms. The Morgan fingerprint density at radius 2 is 2.00 bits per heavy atom. The quantitative estimate of drug-likeness (QED) is 0.877. The van der Waals surface area contributed by atoms with Crippen LogP contribution in [0, 0.1) is 6.92 Å². The van der Waals surface area contributed by atoms with Crippen LogP contribution >= 0.6 is 0 Å². The minimum atomic E-state index is -0.0181. The highest BCUT2D eigenvalue weighted by Crippen LogP contribution is 2.14. The number of carbonyl (C=O) groups is 1. The van der Waals surface area contributed by atoms with Gasteiger partial charge < -0.3 is 10.6 Å². The van der Waals surface area contributed by atoms with Gasteiger partial charge in [0, 0.05) is 0 Å². The van der Waals surface area contributed by atoms with Crippen molar-refractivity contribution in [2.24, 2.45) is 0 Å². The minimum Gasteiger partial charge on any atom is -0.348 e. The highest BCUT2D eigenvalue weighted by molar-refractivity contribution is 5.82. The molecule has 1 aliphatic heterocycles. The molecule has 3 nitrogen and oxygen atoms in total. The lowest BCUT2D eigenvalue weighted by Crippen LogP contribution is -2.44. The first-order chi connectivity index (χ1) is 9.16. The highest BCUT2D eigenvalue weighted by atomic mass is 16.2. The van der Waals surface area contributed by atoms with E-state index in [1.807, 2.05) is 6.92 Å². The molecule has 0 bridgehead atoms. The van der Waals surface area contributed by atoms with Crippen molar-refractivity contribution in [2.75, 3.05) is 6.54 Å². The van der Waals surface area contributed by atoms with E-state index >= 15 is 0 Å². The van der Waals surface area contributed by atoms with E-state index in [-0.39, 0.29) is 18.0 Å². The van der Waals surface area contributed by atoms with E-state index in [9.17, 15) is 4.79 Å². The van der Waals surface area contributed by atoms with Crippen LogP contribution in [0.25, 0.3) is 0 Å². The Kier molecular flexibility index (Phi) is 4.97. The third-order valence-electron chi connectivity index (χ3n) is 3.81. The lowest BCUT2D eigenvalue weighted by atomic mass is 10.1. The molecule has 2 N–H and O–H groups in total. The van der Waals surface area contributed by atoms with Crippen LogP contribution in [-0.4, -0.2) is 18.5 Å². The first kappa shape index (κ1) is 14.1. The molecule has 0 aliphatic carbocycles. The maximum atomic E-state index is 12.2. The summed E-state index contributed by atoms with van der Waals surface area (Å²) in [6.07, 6.45) is 4.50. The van der Waals surface area contributed by atoms with E-state index in [0.717, 1.165) is 24.9 Å². The van der Waals surface area contributed by atoms with Crippen molar-refractivity contribution in [3.63, 3.8) is 0 Å². The Labute approximate surface area is 115 Å². The van der Waals surface area contributed by atoms with Gasteiger partial charge in [0.05, 0.1) is 12.1 Å². The van der Waals surface area contributed by atoms with Gasteiger partial charge in [0.25, 0.3) is 0 Å². The molecule has 0 spiro atoms. The van der Waals surface area contributed by atoms with E-state index in [0.29, 0.717) is 0 Å². The minimum absolute atomic E-state index is 0.0181. The van der Waals surface area contributed by atoms with Gasteiger partial charge >= 0.3 is 0 Å². The lowest BCUT2D eigenvalue weighted by molar-refractivity contribution is -0.123. The standard InChI is InChI=1S/C16H24N2O/c1-12-7-9-14(10-8-12)13(2)18-16(19)15-6-4-3-5-11-17-15/h7-10,13,15,17H,3-6,11H2,1-2H3,(H,18,19). The summed E-state index contributed by atoms with van der Waals surface area (Å²) in [7, 11) is 0. The van der Waals surface area contributed by atoms with E-state index in [4.69, 9.17) is 0 Å². The second kappa shape index (κ2) is 6.71. The number of nitrogens with one attached hydrogen (secondary N) is 2. The molecule has 0 aromatic heterocycles. The van der Waals surface area contributed by atoms with Crippen molar-refractivity contribution in [3.05, 3.63) is 35.4 Å². The number of benzene rings is 1. The Bertz CT molecular complexity index is 405. The smallest absolute Gasteiger partial charge is 0.237 e. The van der Waals surface area contributed by atoms with Gasteiger partial charge in [-0.25, -0.2) is 0 Å². The summed E-state index contributed by atoms with van der Waals surface area (Å²) in [5, 5.41) is 6.45. The fraction of sp³-hybridized carbons (Fsp3) is 0.562. The molecular weight excluding hydrogens is 236 g/mol. The van der Waals surface area contributed by atoms with Gasteiger partial charge in [-0.1, -0.05) is 42.7 Å². The summed E-state index contributed by atoms with van der Waals surface area (Å²) < 4.78 is 0. The zero-order valence-corrected chi connectivity index (χ0v) is 11.9. The molecule has 2 rings (SSSR count). The van der Waals surface area contributed by atoms with E-state index in [1.165, 1.54) is 18.4 Å². The normalized spacial score (nSPS) is 21.5. The van der Waals surface area contributed by atoms with Crippen LogP contribution in [0.3, 0.4) is 0 Å². The Balaban J connectivity index is 1.92. The summed E-state index contributed by atoms with van der Waals surface area (Å²) in [4.78, 5) is 12.2. The maximum absolute atomic E-state index is 12.2. The Hall–Kier alpha value is -1.35. The van der Waals surface area contributed by atoms with Crippen molar-refractivity contribution in [3.8, 4) is 0 Å². The summed E-state index contributed by atoms with van der Waals surface area (Å²) in [5.74, 6) is 0.134. The number of hydrogen-bond acceptors (Lipinski definition) is 2. The van der Waals surface area contributed by atoms with Crippen molar-refractivity contribution < 1.29 is 4.79 Å². The van der Waals surface area contributed by atoms with Crippen molar-refractivity contribution >= 4 is 5.91 Å². The van der Waals surface area contributed by atoms with Crippen LogP contribution in [0.2, 0.25) is 0 Å². The van der Waals surface area contributed by atoms with Crippen molar-refractivity contribution in [2.45, 2.75) is 51.6 Å². The van der Waals surface area contributed by atoms with Crippen LogP contribution < -0.4 is 10.6 Å². The predicted octanol–water partition coefficient (Wildman–Crippen LogP) is 2.70. The van der Waals surface area contributed by atoms with Crippen LogP contribution in [0.5, 0.6) is 0 Å². The van der Waals surface area contributed by atoms with Gasteiger partial charge in [-0.15, -0.1) is 0 Å². The van der Waals surface area contributed by atoms with E-state index < -0.39 is 0 Å². The molecule has 1 aromatic rings. The fourth-order valence-corrected chi connectivity index (χ4v) is 2.50. The Morgan fingerprint density at radius 1 is 1.26 bits per heavy atom. The zero-order chi connectivity index (χ0) is 13.7. The maximum Gasteiger partial charge on any atom is 0.237 e. The average Bonchev–Trinajstić information content (AvgIpc) is 2.68. The highest BCUT2D eigenvalue weighted by Gasteiger charge is 2.21. The lowest BCUT2D eigenvalue weighted by Gasteiger charge is -2.20. The molecule has 2 unspecified atom stereocenters. The molecule has 1 saturated heterocycles. The molecule has 0 radical (unpaired) electrons. The van der Waals surface area contributed by atoms with E-state index in [1.54, 1.807) is 0 Å². The van der Waals surface area contributed by atoms with Gasteiger partial charge in [-0.3, -0.25) is 4.79 Å². The topological polar surface area (TPSA) is 41.1 Å². The van der Waals surface area contributed by atoms with Crippen LogP contribution in [0.15, 0.2) is 24.3 Å². The van der Waals surface area contributed by atoms with Gasteiger partial charge in [0.15, 0.2) is 0 Å². The molecule has 1 amide bonds. The van der Waals surface area contributed by atoms with Crippen LogP contribution in [0.4, 0.5) is 0 Å². The number of hydrogen-bond donors (Lipinski definition) is 2. The van der Waals surface area contributed by atoms with Gasteiger partial charge in [0.2, 0.25) is 5.91 Å². The molecule has 1 heterocycles. The second-order valence-electron chi connectivity index (χ2n) is 5.50. The van der Waals surface area contributed by atoms with Gasteiger partial charge in [0.1, 0.15) is 0 Å². The summed E-state index contributed by atoms with van der Waals surface area (Å²) in [6, 6.07) is 8.39. The SMILES string of the molecule is Cc1ccc(C(C)NC(=O)C2CCCCCN2)cc1. The summed E-state index contributed by atoms with van der Waals surface area (Å²) in [6.45, 7) is 5.07. The molecule has 1 fully saturated rings. The number of carbonyl (C=O) groups excluding carboxylic acids is 1. The average molecular weight is 260 g/mol.